The Bertz CT molecular complexity index is 765. The Morgan fingerprint density at radius 2 is 2.00 bits per heavy atom. The fourth-order valence-corrected chi connectivity index (χ4v) is 2.72. The molecule has 8 nitrogen and oxygen atoms in total. The minimum absolute atomic E-state index is 0.0646. The fraction of sp³-hybridized carbons (Fsp3) is 0.286. The minimum Gasteiger partial charge on any atom is -0.387 e. The van der Waals surface area contributed by atoms with Gasteiger partial charge in [0.25, 0.3) is 23.5 Å². The Morgan fingerprint density at radius 1 is 1.30 bits per heavy atom. The number of piperidine rings is 1. The zero-order valence-electron chi connectivity index (χ0n) is 11.9. The molecule has 3 amide bonds. The summed E-state index contributed by atoms with van der Waals surface area (Å²) in [6, 6.07) is 4.35. The molecule has 0 saturated carbocycles. The van der Waals surface area contributed by atoms with E-state index < -0.39 is 41.9 Å². The zero-order valence-corrected chi connectivity index (χ0v) is 11.9. The Labute approximate surface area is 129 Å². The van der Waals surface area contributed by atoms with Crippen LogP contribution in [0.2, 0.25) is 0 Å². The highest BCUT2D eigenvalue weighted by molar-refractivity contribution is 6.26. The molecule has 2 aliphatic rings. The van der Waals surface area contributed by atoms with E-state index in [0.29, 0.717) is 5.69 Å². The third kappa shape index (κ3) is 1.93. The highest BCUT2D eigenvalue weighted by Crippen LogP contribution is 2.37. The zero-order chi connectivity index (χ0) is 16.9. The number of alkyl halides is 1. The topological polar surface area (TPSA) is 116 Å². The first-order valence-corrected chi connectivity index (χ1v) is 6.71. The van der Waals surface area contributed by atoms with Crippen molar-refractivity contribution in [2.45, 2.75) is 18.4 Å². The van der Waals surface area contributed by atoms with Crippen molar-refractivity contribution in [1.82, 2.24) is 10.2 Å². The number of carbonyl (C=O) groups excluding carboxylic acids is 4. The lowest BCUT2D eigenvalue weighted by atomic mass is 9.99. The van der Waals surface area contributed by atoms with E-state index in [0.717, 1.165) is 0 Å². The number of benzene rings is 1. The minimum atomic E-state index is -3.17. The molecule has 0 aromatic heterocycles. The molecule has 9 heteroatoms. The first-order chi connectivity index (χ1) is 10.8. The lowest BCUT2D eigenvalue weighted by Crippen LogP contribution is -2.65. The molecule has 3 N–H and O–H groups in total. The van der Waals surface area contributed by atoms with Crippen molar-refractivity contribution < 1.29 is 28.7 Å². The molecule has 1 saturated heterocycles. The number of fused-ring (bicyclic) bond motifs is 1. The van der Waals surface area contributed by atoms with Crippen molar-refractivity contribution in [3.05, 3.63) is 29.3 Å². The van der Waals surface area contributed by atoms with E-state index in [1.807, 2.05) is 0 Å². The van der Waals surface area contributed by atoms with Crippen LogP contribution in [-0.4, -0.2) is 52.6 Å². The first kappa shape index (κ1) is 15.1. The van der Waals surface area contributed by atoms with Gasteiger partial charge < -0.3 is 15.7 Å². The first-order valence-electron chi connectivity index (χ1n) is 6.71. The molecule has 1 aromatic rings. The van der Waals surface area contributed by atoms with E-state index in [9.17, 15) is 24.3 Å². The molecule has 2 atom stereocenters. The van der Waals surface area contributed by atoms with Crippen LogP contribution < -0.4 is 10.6 Å². The van der Waals surface area contributed by atoms with Crippen molar-refractivity contribution in [2.75, 3.05) is 12.4 Å². The van der Waals surface area contributed by atoms with Crippen LogP contribution in [0.15, 0.2) is 18.2 Å². The number of Topliss-reactive ketones (excluding diaryl/α,β-unsaturated/α-hetero) is 1. The molecular formula is C14H12FN3O5. The summed E-state index contributed by atoms with van der Waals surface area (Å²) in [6.07, 6.45) is -2.95. The number of halogens is 1. The third-order valence-electron chi connectivity index (χ3n) is 3.87. The number of hydrogen-bond acceptors (Lipinski definition) is 6. The number of amides is 3. The van der Waals surface area contributed by atoms with Crippen LogP contribution in [0.4, 0.5) is 10.1 Å². The van der Waals surface area contributed by atoms with Crippen LogP contribution in [0.1, 0.15) is 27.1 Å². The SMILES string of the molecule is CNc1cccc2c1C(=O)N(C1(F)CC(=O)C(O)NC1=O)C2=O. The molecule has 0 aliphatic carbocycles. The van der Waals surface area contributed by atoms with Crippen LogP contribution in [0.3, 0.4) is 0 Å². The highest BCUT2D eigenvalue weighted by Gasteiger charge is 2.59. The predicted octanol–water partition coefficient (Wildman–Crippen LogP) is -0.603. The third-order valence-corrected chi connectivity index (χ3v) is 3.87. The average Bonchev–Trinajstić information content (AvgIpc) is 2.77. The summed E-state index contributed by atoms with van der Waals surface area (Å²) < 4.78 is 15.1. The number of nitrogens with zero attached hydrogens (tertiary/aromatic N) is 1. The number of aliphatic hydroxyl groups excluding tert-OH is 1. The molecule has 1 fully saturated rings. The molecule has 2 unspecified atom stereocenters. The molecule has 2 aliphatic heterocycles. The van der Waals surface area contributed by atoms with E-state index in [1.54, 1.807) is 5.32 Å². The van der Waals surface area contributed by atoms with Crippen molar-refractivity contribution in [3.63, 3.8) is 0 Å². The van der Waals surface area contributed by atoms with Crippen LogP contribution >= 0.6 is 0 Å². The lowest BCUT2D eigenvalue weighted by Gasteiger charge is -2.35. The lowest BCUT2D eigenvalue weighted by molar-refractivity contribution is -0.160. The Kier molecular flexibility index (Phi) is 3.18. The summed E-state index contributed by atoms with van der Waals surface area (Å²) in [7, 11) is 1.52. The van der Waals surface area contributed by atoms with Gasteiger partial charge in [0, 0.05) is 12.7 Å². The number of carbonyl (C=O) groups is 4. The van der Waals surface area contributed by atoms with Gasteiger partial charge in [0.15, 0.2) is 12.0 Å². The second-order valence-corrected chi connectivity index (χ2v) is 5.20. The molecule has 1 aromatic carbocycles. The molecule has 23 heavy (non-hydrogen) atoms. The van der Waals surface area contributed by atoms with Gasteiger partial charge in [-0.15, -0.1) is 0 Å². The summed E-state index contributed by atoms with van der Waals surface area (Å²) in [5, 5.41) is 13.7. The van der Waals surface area contributed by atoms with Gasteiger partial charge in [0.1, 0.15) is 0 Å². The summed E-state index contributed by atoms with van der Waals surface area (Å²) in [5.41, 5.74) is 0.170. The number of hydrogen-bond donors (Lipinski definition) is 3. The molecular weight excluding hydrogens is 309 g/mol. The average molecular weight is 321 g/mol. The second kappa shape index (κ2) is 4.85. The van der Waals surface area contributed by atoms with Gasteiger partial charge in [-0.1, -0.05) is 6.07 Å². The summed E-state index contributed by atoms with van der Waals surface area (Å²) in [6.45, 7) is 0. The van der Waals surface area contributed by atoms with Crippen LogP contribution in [-0.2, 0) is 9.59 Å². The van der Waals surface area contributed by atoms with Gasteiger partial charge in [0.05, 0.1) is 17.5 Å². The van der Waals surface area contributed by atoms with E-state index in [-0.39, 0.29) is 16.0 Å². The van der Waals surface area contributed by atoms with Crippen molar-refractivity contribution in [3.8, 4) is 0 Å². The number of ketones is 1. The molecule has 0 radical (unpaired) electrons. The van der Waals surface area contributed by atoms with Crippen molar-refractivity contribution >= 4 is 29.2 Å². The van der Waals surface area contributed by atoms with Crippen LogP contribution in [0, 0.1) is 0 Å². The molecule has 120 valence electrons. The van der Waals surface area contributed by atoms with Crippen molar-refractivity contribution in [1.29, 1.82) is 0 Å². The summed E-state index contributed by atoms with van der Waals surface area (Å²) in [5.74, 6) is -7.64. The summed E-state index contributed by atoms with van der Waals surface area (Å²) in [4.78, 5) is 48.5. The number of nitrogens with one attached hydrogen (secondary N) is 2. The Hall–Kier alpha value is -2.81. The summed E-state index contributed by atoms with van der Waals surface area (Å²) >= 11 is 0. The maximum Gasteiger partial charge on any atom is 0.282 e. The highest BCUT2D eigenvalue weighted by atomic mass is 19.1. The van der Waals surface area contributed by atoms with Gasteiger partial charge in [-0.05, 0) is 12.1 Å². The standard InChI is InChI=1S/C14H12FN3O5/c1-16-7-4-2-3-6-9(7)12(22)18(11(6)21)14(15)5-8(19)10(20)17-13(14)23/h2-4,10,16,20H,5H2,1H3,(H,17,23). The van der Waals surface area contributed by atoms with Crippen molar-refractivity contribution in [2.24, 2.45) is 0 Å². The van der Waals surface area contributed by atoms with Crippen LogP contribution in [0.5, 0.6) is 0 Å². The second-order valence-electron chi connectivity index (χ2n) is 5.20. The van der Waals surface area contributed by atoms with E-state index >= 15 is 4.39 Å². The smallest absolute Gasteiger partial charge is 0.282 e. The quantitative estimate of drug-likeness (QED) is 0.495. The molecule has 2 heterocycles. The van der Waals surface area contributed by atoms with E-state index in [1.165, 1.54) is 25.2 Å². The van der Waals surface area contributed by atoms with Crippen LogP contribution in [0.25, 0.3) is 0 Å². The molecule has 0 spiro atoms. The Morgan fingerprint density at radius 3 is 2.65 bits per heavy atom. The van der Waals surface area contributed by atoms with Gasteiger partial charge in [-0.25, -0.2) is 9.29 Å². The molecule has 0 bridgehead atoms. The van der Waals surface area contributed by atoms with Gasteiger partial charge >= 0.3 is 0 Å². The van der Waals surface area contributed by atoms with Gasteiger partial charge in [-0.2, -0.15) is 0 Å². The maximum atomic E-state index is 15.1. The molecule has 3 rings (SSSR count). The normalized spacial score (nSPS) is 27.1. The predicted molar refractivity (Wildman–Crippen MR) is 74.1 cm³/mol. The number of rotatable bonds is 2. The fourth-order valence-electron chi connectivity index (χ4n) is 2.72. The number of aliphatic hydroxyl groups is 1. The van der Waals surface area contributed by atoms with E-state index in [4.69, 9.17) is 0 Å². The monoisotopic (exact) mass is 321 g/mol. The largest absolute Gasteiger partial charge is 0.387 e. The van der Waals surface area contributed by atoms with Gasteiger partial charge in [-0.3, -0.25) is 19.2 Å². The maximum absolute atomic E-state index is 15.1. The number of anilines is 1. The van der Waals surface area contributed by atoms with Gasteiger partial charge in [0.2, 0.25) is 0 Å². The number of imide groups is 1. The van der Waals surface area contributed by atoms with E-state index in [2.05, 4.69) is 5.32 Å². The Balaban J connectivity index is 2.09.